The molecule has 0 aliphatic carbocycles. The van der Waals surface area contributed by atoms with E-state index in [2.05, 4.69) is 11.9 Å². The van der Waals surface area contributed by atoms with Gasteiger partial charge in [0.05, 0.1) is 0 Å². The van der Waals surface area contributed by atoms with Crippen LogP contribution in [-0.2, 0) is 0 Å². The van der Waals surface area contributed by atoms with Gasteiger partial charge in [-0.05, 0) is 25.0 Å². The molecule has 1 saturated heterocycles. The second-order valence-corrected chi connectivity index (χ2v) is 4.92. The van der Waals surface area contributed by atoms with Gasteiger partial charge in [0.1, 0.15) is 5.82 Å². The molecule has 7 heteroatoms. The van der Waals surface area contributed by atoms with E-state index in [0.717, 1.165) is 25.2 Å². The lowest BCUT2D eigenvalue weighted by molar-refractivity contribution is 0.158. The van der Waals surface area contributed by atoms with E-state index >= 15 is 0 Å². The van der Waals surface area contributed by atoms with Crippen molar-refractivity contribution in [3.8, 4) is 0 Å². The SMILES string of the molecule is C=CCC[C@@H](c1c(F)ccc(F)c1F)N1CCNCC1.Cl.Cl. The maximum absolute atomic E-state index is 14.0. The molecule has 1 aliphatic heterocycles. The van der Waals surface area contributed by atoms with Crippen molar-refractivity contribution in [3.05, 3.63) is 47.8 Å². The van der Waals surface area contributed by atoms with Gasteiger partial charge in [0.25, 0.3) is 0 Å². The van der Waals surface area contributed by atoms with E-state index < -0.39 is 23.5 Å². The summed E-state index contributed by atoms with van der Waals surface area (Å²) in [5.41, 5.74) is -0.159. The molecule has 0 spiro atoms. The van der Waals surface area contributed by atoms with Crippen molar-refractivity contribution >= 4 is 24.8 Å². The highest BCUT2D eigenvalue weighted by atomic mass is 35.5. The molecule has 126 valence electrons. The summed E-state index contributed by atoms with van der Waals surface area (Å²) < 4.78 is 41.4. The Morgan fingerprint density at radius 1 is 1.14 bits per heavy atom. The van der Waals surface area contributed by atoms with Crippen molar-refractivity contribution < 1.29 is 13.2 Å². The molecule has 22 heavy (non-hydrogen) atoms. The molecule has 0 amide bonds. The molecule has 2 nitrogen and oxygen atoms in total. The third-order valence-electron chi connectivity index (χ3n) is 3.65. The third-order valence-corrected chi connectivity index (χ3v) is 3.65. The van der Waals surface area contributed by atoms with E-state index in [9.17, 15) is 13.2 Å². The predicted octanol–water partition coefficient (Wildman–Crippen LogP) is 3.86. The predicted molar refractivity (Wildman–Crippen MR) is 87.4 cm³/mol. The average molecular weight is 357 g/mol. The van der Waals surface area contributed by atoms with Crippen LogP contribution in [0.3, 0.4) is 0 Å². The van der Waals surface area contributed by atoms with Gasteiger partial charge >= 0.3 is 0 Å². The van der Waals surface area contributed by atoms with Crippen LogP contribution in [0, 0.1) is 17.5 Å². The van der Waals surface area contributed by atoms with Crippen LogP contribution >= 0.6 is 24.8 Å². The fourth-order valence-electron chi connectivity index (χ4n) is 2.63. The largest absolute Gasteiger partial charge is 0.314 e. The molecule has 1 aromatic carbocycles. The molecular weight excluding hydrogens is 336 g/mol. The van der Waals surface area contributed by atoms with Gasteiger partial charge in [-0.2, -0.15) is 0 Å². The van der Waals surface area contributed by atoms with Crippen LogP contribution in [0.25, 0.3) is 0 Å². The van der Waals surface area contributed by atoms with Crippen molar-refractivity contribution in [2.24, 2.45) is 0 Å². The lowest BCUT2D eigenvalue weighted by Crippen LogP contribution is -2.45. The Morgan fingerprint density at radius 2 is 1.73 bits per heavy atom. The van der Waals surface area contributed by atoms with Gasteiger partial charge in [-0.15, -0.1) is 31.4 Å². The number of nitrogens with zero attached hydrogens (tertiary/aromatic N) is 1. The Morgan fingerprint density at radius 3 is 2.32 bits per heavy atom. The molecule has 1 atom stereocenters. The Kier molecular flexibility index (Phi) is 9.76. The van der Waals surface area contributed by atoms with Crippen molar-refractivity contribution in [3.63, 3.8) is 0 Å². The van der Waals surface area contributed by atoms with Gasteiger partial charge in [-0.3, -0.25) is 4.90 Å². The second kappa shape index (κ2) is 10.1. The maximum Gasteiger partial charge on any atom is 0.166 e. The summed E-state index contributed by atoms with van der Waals surface area (Å²) in [6.45, 7) is 6.56. The van der Waals surface area contributed by atoms with Crippen molar-refractivity contribution in [2.75, 3.05) is 26.2 Å². The fraction of sp³-hybridized carbons (Fsp3) is 0.467. The highest BCUT2D eigenvalue weighted by Crippen LogP contribution is 2.31. The van der Waals surface area contributed by atoms with Crippen molar-refractivity contribution in [2.45, 2.75) is 18.9 Å². The summed E-state index contributed by atoms with van der Waals surface area (Å²) in [5.74, 6) is -2.76. The summed E-state index contributed by atoms with van der Waals surface area (Å²) in [7, 11) is 0. The number of hydrogen-bond acceptors (Lipinski definition) is 2. The number of benzene rings is 1. The van der Waals surface area contributed by atoms with E-state index in [0.29, 0.717) is 25.9 Å². The first kappa shape index (κ1) is 21.2. The molecular formula is C15H21Cl2F3N2. The zero-order valence-electron chi connectivity index (χ0n) is 12.2. The van der Waals surface area contributed by atoms with Gasteiger partial charge < -0.3 is 5.32 Å². The summed E-state index contributed by atoms with van der Waals surface area (Å²) in [4.78, 5) is 2.00. The van der Waals surface area contributed by atoms with Crippen LogP contribution < -0.4 is 5.32 Å². The lowest BCUT2D eigenvalue weighted by atomic mass is 9.98. The minimum absolute atomic E-state index is 0. The Bertz CT molecular complexity index is 480. The quantitative estimate of drug-likeness (QED) is 0.636. The van der Waals surface area contributed by atoms with E-state index in [1.807, 2.05) is 4.90 Å². The molecule has 1 aromatic rings. The fourth-order valence-corrected chi connectivity index (χ4v) is 2.63. The van der Waals surface area contributed by atoms with Crippen molar-refractivity contribution in [1.29, 1.82) is 0 Å². The Balaban J connectivity index is 0.00000220. The van der Waals surface area contributed by atoms with Gasteiger partial charge in [-0.25, -0.2) is 13.2 Å². The molecule has 2 rings (SSSR count). The molecule has 0 bridgehead atoms. The van der Waals surface area contributed by atoms with E-state index in [-0.39, 0.29) is 30.4 Å². The number of nitrogens with one attached hydrogen (secondary N) is 1. The maximum atomic E-state index is 14.0. The van der Waals surface area contributed by atoms with Gasteiger partial charge in [0.2, 0.25) is 0 Å². The Labute approximate surface area is 141 Å². The van der Waals surface area contributed by atoms with Crippen molar-refractivity contribution in [1.82, 2.24) is 10.2 Å². The van der Waals surface area contributed by atoms with Crippen LogP contribution in [0.15, 0.2) is 24.8 Å². The molecule has 0 aromatic heterocycles. The van der Waals surface area contributed by atoms with Gasteiger partial charge in [-0.1, -0.05) is 6.08 Å². The summed E-state index contributed by atoms with van der Waals surface area (Å²) in [5, 5.41) is 3.19. The average Bonchev–Trinajstić information content (AvgIpc) is 2.47. The van der Waals surface area contributed by atoms with Crippen LogP contribution in [-0.4, -0.2) is 31.1 Å². The topological polar surface area (TPSA) is 15.3 Å². The van der Waals surface area contributed by atoms with Gasteiger partial charge in [0, 0.05) is 37.8 Å². The summed E-state index contributed by atoms with van der Waals surface area (Å²) in [6.07, 6.45) is 2.87. The normalized spacial score (nSPS) is 16.3. The van der Waals surface area contributed by atoms with Crippen LogP contribution in [0.2, 0.25) is 0 Å². The summed E-state index contributed by atoms with van der Waals surface area (Å²) in [6, 6.07) is 1.37. The first-order valence-electron chi connectivity index (χ1n) is 6.84. The molecule has 1 aliphatic rings. The van der Waals surface area contributed by atoms with E-state index in [1.165, 1.54) is 0 Å². The zero-order chi connectivity index (χ0) is 14.5. The minimum atomic E-state index is -1.07. The van der Waals surface area contributed by atoms with Gasteiger partial charge in [0.15, 0.2) is 11.6 Å². The monoisotopic (exact) mass is 356 g/mol. The molecule has 0 saturated carbocycles. The number of piperazine rings is 1. The molecule has 1 heterocycles. The van der Waals surface area contributed by atoms with Crippen LogP contribution in [0.5, 0.6) is 0 Å². The molecule has 1 fully saturated rings. The summed E-state index contributed by atoms with van der Waals surface area (Å²) >= 11 is 0. The molecule has 0 radical (unpaired) electrons. The number of rotatable bonds is 5. The smallest absolute Gasteiger partial charge is 0.166 e. The number of allylic oxidation sites excluding steroid dienone is 1. The van der Waals surface area contributed by atoms with E-state index in [4.69, 9.17) is 0 Å². The standard InChI is InChI=1S/C15H19F3N2.2ClH/c1-2-3-4-13(20-9-7-19-8-10-20)14-11(16)5-6-12(17)15(14)18;;/h2,5-6,13,19H,1,3-4,7-10H2;2*1H/t13-;;/m0../s1. The lowest BCUT2D eigenvalue weighted by Gasteiger charge is -2.35. The molecule has 0 unspecified atom stereocenters. The number of halogens is 5. The minimum Gasteiger partial charge on any atom is -0.314 e. The first-order valence-corrected chi connectivity index (χ1v) is 6.84. The number of hydrogen-bond donors (Lipinski definition) is 1. The zero-order valence-corrected chi connectivity index (χ0v) is 13.8. The third kappa shape index (κ3) is 4.88. The Hall–Kier alpha value is -0.750. The van der Waals surface area contributed by atoms with Crippen LogP contribution in [0.1, 0.15) is 24.4 Å². The highest BCUT2D eigenvalue weighted by Gasteiger charge is 2.28. The second-order valence-electron chi connectivity index (χ2n) is 4.92. The first-order chi connectivity index (χ1) is 9.65. The van der Waals surface area contributed by atoms with Crippen LogP contribution in [0.4, 0.5) is 13.2 Å². The molecule has 1 N–H and O–H groups in total. The van der Waals surface area contributed by atoms with E-state index in [1.54, 1.807) is 6.08 Å². The highest BCUT2D eigenvalue weighted by molar-refractivity contribution is 5.85.